The minimum atomic E-state index is 0.0954. The number of nitrogens with one attached hydrogen (secondary N) is 1. The molecule has 3 heterocycles. The number of aromatic nitrogens is 2. The largest absolute Gasteiger partial charge is 0.384 e. The van der Waals surface area contributed by atoms with Crippen molar-refractivity contribution in [3.8, 4) is 0 Å². The van der Waals surface area contributed by atoms with Gasteiger partial charge in [0.05, 0.1) is 25.3 Å². The van der Waals surface area contributed by atoms with Gasteiger partial charge in [-0.3, -0.25) is 9.59 Å². The first-order valence-corrected chi connectivity index (χ1v) is 9.63. The number of rotatable bonds is 5. The fraction of sp³-hybridized carbons (Fsp3) is 0.684. The Kier molecular flexibility index (Phi) is 6.26. The summed E-state index contributed by atoms with van der Waals surface area (Å²) in [4.78, 5) is 37.4. The molecule has 0 bridgehead atoms. The van der Waals surface area contributed by atoms with Crippen LogP contribution in [0.15, 0.2) is 0 Å². The number of hydrogen-bond donors (Lipinski definition) is 1. The van der Waals surface area contributed by atoms with Crippen molar-refractivity contribution in [3.63, 3.8) is 0 Å². The number of fused-ring (bicyclic) bond motifs is 1. The molecular weight excluding hydrogens is 346 g/mol. The van der Waals surface area contributed by atoms with E-state index in [-0.39, 0.29) is 17.7 Å². The van der Waals surface area contributed by atoms with Gasteiger partial charge in [-0.1, -0.05) is 0 Å². The number of carbonyl (C=O) groups is 2. The van der Waals surface area contributed by atoms with Crippen LogP contribution in [0.5, 0.6) is 0 Å². The molecular formula is C19H29N5O3. The Bertz CT molecular complexity index is 692. The highest BCUT2D eigenvalue weighted by atomic mass is 16.5. The molecule has 2 aliphatic rings. The first-order chi connectivity index (χ1) is 13.0. The van der Waals surface area contributed by atoms with Gasteiger partial charge in [-0.25, -0.2) is 9.97 Å². The lowest BCUT2D eigenvalue weighted by atomic mass is 9.96. The molecule has 8 heteroatoms. The van der Waals surface area contributed by atoms with Gasteiger partial charge in [0.25, 0.3) is 0 Å². The molecule has 1 atom stereocenters. The third kappa shape index (κ3) is 4.37. The van der Waals surface area contributed by atoms with E-state index in [0.717, 1.165) is 48.7 Å². The molecule has 3 rings (SSSR count). The van der Waals surface area contributed by atoms with Gasteiger partial charge >= 0.3 is 0 Å². The summed E-state index contributed by atoms with van der Waals surface area (Å²) in [5.74, 6) is 1.97. The maximum Gasteiger partial charge on any atom is 0.225 e. The van der Waals surface area contributed by atoms with E-state index in [9.17, 15) is 9.59 Å². The topological polar surface area (TPSA) is 87.7 Å². The molecule has 2 aliphatic heterocycles. The standard InChI is InChI=1S/C19H29N5O3/c1-13(25)23-8-4-5-14(11-23)18-21-16-6-9-24(17(26)7-10-27-3)12-15(16)19(20-2)22-18/h14H,4-12H2,1-3H3,(H,20,21,22)/t14-/m1/s1. The van der Waals surface area contributed by atoms with Crippen LogP contribution in [-0.4, -0.2) is 72.0 Å². The average Bonchev–Trinajstić information content (AvgIpc) is 2.70. The smallest absolute Gasteiger partial charge is 0.225 e. The molecule has 1 saturated heterocycles. The zero-order valence-corrected chi connectivity index (χ0v) is 16.5. The predicted octanol–water partition coefficient (Wildman–Crippen LogP) is 1.17. The SMILES string of the molecule is CNc1nc([C@@H]2CCCN(C(C)=O)C2)nc2c1CN(C(=O)CCOC)CC2. The van der Waals surface area contributed by atoms with Gasteiger partial charge in [-0.05, 0) is 12.8 Å². The normalized spacial score (nSPS) is 19.6. The van der Waals surface area contributed by atoms with E-state index in [4.69, 9.17) is 14.7 Å². The number of amides is 2. The highest BCUT2D eigenvalue weighted by Gasteiger charge is 2.29. The van der Waals surface area contributed by atoms with E-state index in [1.165, 1.54) is 0 Å². The second kappa shape index (κ2) is 8.65. The number of anilines is 1. The monoisotopic (exact) mass is 375 g/mol. The highest BCUT2D eigenvalue weighted by Crippen LogP contribution is 2.30. The van der Waals surface area contributed by atoms with Crippen LogP contribution in [0, 0.1) is 0 Å². The van der Waals surface area contributed by atoms with Crippen molar-refractivity contribution >= 4 is 17.6 Å². The van der Waals surface area contributed by atoms with E-state index < -0.39 is 0 Å². The van der Waals surface area contributed by atoms with Crippen molar-refractivity contribution in [1.82, 2.24) is 19.8 Å². The fourth-order valence-electron chi connectivity index (χ4n) is 3.86. The zero-order chi connectivity index (χ0) is 19.4. The lowest BCUT2D eigenvalue weighted by molar-refractivity contribution is -0.133. The van der Waals surface area contributed by atoms with E-state index in [0.29, 0.717) is 32.7 Å². The molecule has 0 spiro atoms. The summed E-state index contributed by atoms with van der Waals surface area (Å²) in [7, 11) is 3.45. The number of carbonyl (C=O) groups excluding carboxylic acids is 2. The maximum atomic E-state index is 12.3. The molecule has 0 aliphatic carbocycles. The molecule has 1 aromatic rings. The summed E-state index contributed by atoms with van der Waals surface area (Å²) in [6.07, 6.45) is 3.08. The van der Waals surface area contributed by atoms with Crippen LogP contribution in [0.1, 0.15) is 49.2 Å². The lowest BCUT2D eigenvalue weighted by Crippen LogP contribution is -2.39. The first-order valence-electron chi connectivity index (χ1n) is 9.63. The van der Waals surface area contributed by atoms with E-state index in [1.807, 2.05) is 16.8 Å². The van der Waals surface area contributed by atoms with Crippen molar-refractivity contribution in [2.45, 2.75) is 45.1 Å². The predicted molar refractivity (Wildman–Crippen MR) is 101 cm³/mol. The number of ether oxygens (including phenoxy) is 1. The molecule has 8 nitrogen and oxygen atoms in total. The summed E-state index contributed by atoms with van der Waals surface area (Å²) in [6.45, 7) is 4.74. The Balaban J connectivity index is 1.80. The van der Waals surface area contributed by atoms with Crippen molar-refractivity contribution in [3.05, 3.63) is 17.1 Å². The average molecular weight is 375 g/mol. The molecule has 148 valence electrons. The molecule has 0 aromatic carbocycles. The van der Waals surface area contributed by atoms with Crippen molar-refractivity contribution in [1.29, 1.82) is 0 Å². The van der Waals surface area contributed by atoms with Gasteiger partial charge in [0, 0.05) is 58.6 Å². The second-order valence-electron chi connectivity index (χ2n) is 7.22. The Morgan fingerprint density at radius 1 is 1.26 bits per heavy atom. The van der Waals surface area contributed by atoms with Crippen molar-refractivity contribution < 1.29 is 14.3 Å². The maximum absolute atomic E-state index is 12.3. The summed E-state index contributed by atoms with van der Waals surface area (Å²) in [6, 6.07) is 0. The molecule has 1 aromatic heterocycles. The van der Waals surface area contributed by atoms with Gasteiger partial charge in [0.1, 0.15) is 11.6 Å². The summed E-state index contributed by atoms with van der Waals surface area (Å²) in [5.41, 5.74) is 2.01. The number of likely N-dealkylation sites (tertiary alicyclic amines) is 1. The van der Waals surface area contributed by atoms with Gasteiger partial charge in [-0.15, -0.1) is 0 Å². The third-order valence-corrected chi connectivity index (χ3v) is 5.42. The van der Waals surface area contributed by atoms with Crippen LogP contribution in [0.2, 0.25) is 0 Å². The number of methoxy groups -OCH3 is 1. The fourth-order valence-corrected chi connectivity index (χ4v) is 3.86. The van der Waals surface area contributed by atoms with Crippen LogP contribution in [0.3, 0.4) is 0 Å². The van der Waals surface area contributed by atoms with E-state index in [1.54, 1.807) is 14.0 Å². The van der Waals surface area contributed by atoms with Crippen molar-refractivity contribution in [2.24, 2.45) is 0 Å². The van der Waals surface area contributed by atoms with Crippen LogP contribution in [-0.2, 0) is 27.3 Å². The summed E-state index contributed by atoms with van der Waals surface area (Å²) >= 11 is 0. The van der Waals surface area contributed by atoms with Gasteiger partial charge in [0.15, 0.2) is 0 Å². The molecule has 27 heavy (non-hydrogen) atoms. The van der Waals surface area contributed by atoms with Crippen LogP contribution in [0.25, 0.3) is 0 Å². The Morgan fingerprint density at radius 2 is 2.07 bits per heavy atom. The number of hydrogen-bond acceptors (Lipinski definition) is 6. The zero-order valence-electron chi connectivity index (χ0n) is 16.5. The van der Waals surface area contributed by atoms with Crippen LogP contribution < -0.4 is 5.32 Å². The Labute approximate surface area is 160 Å². The van der Waals surface area contributed by atoms with Crippen molar-refractivity contribution in [2.75, 3.05) is 45.7 Å². The number of piperidine rings is 1. The number of nitrogens with zero attached hydrogens (tertiary/aromatic N) is 4. The molecule has 2 amide bonds. The van der Waals surface area contributed by atoms with Gasteiger partial charge in [0.2, 0.25) is 11.8 Å². The summed E-state index contributed by atoms with van der Waals surface area (Å²) in [5, 5.41) is 3.18. The highest BCUT2D eigenvalue weighted by molar-refractivity contribution is 5.77. The van der Waals surface area contributed by atoms with E-state index in [2.05, 4.69) is 5.32 Å². The Hall–Kier alpha value is -2.22. The van der Waals surface area contributed by atoms with Gasteiger partial charge in [-0.2, -0.15) is 0 Å². The molecule has 1 fully saturated rings. The molecule has 0 saturated carbocycles. The lowest BCUT2D eigenvalue weighted by Gasteiger charge is -2.33. The summed E-state index contributed by atoms with van der Waals surface area (Å²) < 4.78 is 5.01. The molecule has 0 radical (unpaired) electrons. The third-order valence-electron chi connectivity index (χ3n) is 5.42. The second-order valence-corrected chi connectivity index (χ2v) is 7.22. The quantitative estimate of drug-likeness (QED) is 0.831. The molecule has 0 unspecified atom stereocenters. The van der Waals surface area contributed by atoms with Crippen LogP contribution >= 0.6 is 0 Å². The molecule has 1 N–H and O–H groups in total. The minimum Gasteiger partial charge on any atom is -0.384 e. The van der Waals surface area contributed by atoms with Gasteiger partial charge < -0.3 is 19.9 Å². The minimum absolute atomic E-state index is 0.0954. The van der Waals surface area contributed by atoms with E-state index >= 15 is 0 Å². The van der Waals surface area contributed by atoms with Crippen LogP contribution in [0.4, 0.5) is 5.82 Å². The Morgan fingerprint density at radius 3 is 2.78 bits per heavy atom. The first kappa shape index (κ1) is 19.5.